The first-order valence-electron chi connectivity index (χ1n) is 9.57. The SMILES string of the molecule is CN1C(=O)c2ccc(NC(=O)NC3[C@H]4CN(c5ccc(F)cc5F)C[C@@H]34)cc2C1=O. The van der Waals surface area contributed by atoms with Crippen molar-refractivity contribution in [2.75, 3.05) is 30.4 Å². The van der Waals surface area contributed by atoms with E-state index in [0.29, 0.717) is 30.0 Å². The number of hydrogen-bond donors (Lipinski definition) is 2. The van der Waals surface area contributed by atoms with Crippen LogP contribution < -0.4 is 15.5 Å². The highest BCUT2D eigenvalue weighted by atomic mass is 19.1. The quantitative estimate of drug-likeness (QED) is 0.759. The van der Waals surface area contributed by atoms with Crippen molar-refractivity contribution >= 4 is 29.2 Å². The van der Waals surface area contributed by atoms with Crippen LogP contribution >= 0.6 is 0 Å². The van der Waals surface area contributed by atoms with Gasteiger partial charge >= 0.3 is 6.03 Å². The van der Waals surface area contributed by atoms with E-state index in [2.05, 4.69) is 10.6 Å². The van der Waals surface area contributed by atoms with Crippen LogP contribution in [-0.4, -0.2) is 48.9 Å². The molecule has 7 nitrogen and oxygen atoms in total. The van der Waals surface area contributed by atoms with Crippen molar-refractivity contribution in [2.24, 2.45) is 11.8 Å². The zero-order chi connectivity index (χ0) is 21.2. The Morgan fingerprint density at radius 2 is 1.70 bits per heavy atom. The molecule has 2 N–H and O–H groups in total. The zero-order valence-corrected chi connectivity index (χ0v) is 16.0. The first-order chi connectivity index (χ1) is 14.3. The van der Waals surface area contributed by atoms with Gasteiger partial charge in [0.05, 0.1) is 16.8 Å². The first kappa shape index (κ1) is 18.5. The fourth-order valence-electron chi connectivity index (χ4n) is 4.43. The van der Waals surface area contributed by atoms with E-state index in [1.54, 1.807) is 6.07 Å². The minimum Gasteiger partial charge on any atom is -0.368 e. The molecule has 1 saturated heterocycles. The summed E-state index contributed by atoms with van der Waals surface area (Å²) in [7, 11) is 1.41. The summed E-state index contributed by atoms with van der Waals surface area (Å²) in [4.78, 5) is 39.3. The van der Waals surface area contributed by atoms with E-state index in [0.717, 1.165) is 11.0 Å². The van der Waals surface area contributed by atoms with Crippen LogP contribution in [0.3, 0.4) is 0 Å². The van der Waals surface area contributed by atoms with Crippen LogP contribution in [0.25, 0.3) is 0 Å². The lowest BCUT2D eigenvalue weighted by Gasteiger charge is -2.23. The maximum atomic E-state index is 14.0. The Hall–Kier alpha value is -3.49. The number of nitrogens with one attached hydrogen (secondary N) is 2. The van der Waals surface area contributed by atoms with Crippen LogP contribution in [-0.2, 0) is 0 Å². The van der Waals surface area contributed by atoms with Crippen molar-refractivity contribution in [1.29, 1.82) is 0 Å². The van der Waals surface area contributed by atoms with Gasteiger partial charge in [-0.25, -0.2) is 13.6 Å². The Morgan fingerprint density at radius 3 is 2.40 bits per heavy atom. The standard InChI is InChI=1S/C21H18F2N4O3/c1-26-19(28)12-4-3-11(7-13(12)20(26)29)24-21(30)25-18-14-8-27(9-15(14)18)17-5-2-10(22)6-16(17)23/h2-7,14-15,18H,8-9H2,1H3,(H2,24,25,30)/t14-,15+,18?. The Balaban J connectivity index is 1.18. The lowest BCUT2D eigenvalue weighted by atomic mass is 10.1. The number of carbonyl (C=O) groups is 3. The molecule has 1 saturated carbocycles. The van der Waals surface area contributed by atoms with E-state index in [-0.39, 0.29) is 29.3 Å². The minimum atomic E-state index is -0.610. The van der Waals surface area contributed by atoms with Crippen molar-refractivity contribution in [3.05, 3.63) is 59.2 Å². The molecule has 30 heavy (non-hydrogen) atoms. The highest BCUT2D eigenvalue weighted by Crippen LogP contribution is 2.47. The third kappa shape index (κ3) is 2.89. The van der Waals surface area contributed by atoms with Gasteiger partial charge in [-0.3, -0.25) is 14.5 Å². The highest BCUT2D eigenvalue weighted by molar-refractivity contribution is 6.21. The molecule has 0 bridgehead atoms. The molecule has 3 atom stereocenters. The molecule has 9 heteroatoms. The smallest absolute Gasteiger partial charge is 0.319 e. The van der Waals surface area contributed by atoms with Gasteiger partial charge in [0.25, 0.3) is 11.8 Å². The second kappa shape index (κ2) is 6.51. The van der Waals surface area contributed by atoms with Crippen molar-refractivity contribution in [1.82, 2.24) is 10.2 Å². The third-order valence-corrected chi connectivity index (χ3v) is 6.09. The number of amides is 4. The predicted octanol–water partition coefficient (Wildman–Crippen LogP) is 2.45. The van der Waals surface area contributed by atoms with E-state index >= 15 is 0 Å². The number of carbonyl (C=O) groups excluding carboxylic acids is 3. The Bertz CT molecular complexity index is 1090. The van der Waals surface area contributed by atoms with Gasteiger partial charge in [0.15, 0.2) is 0 Å². The zero-order valence-electron chi connectivity index (χ0n) is 16.0. The number of fused-ring (bicyclic) bond motifs is 2. The van der Waals surface area contributed by atoms with Crippen LogP contribution in [0, 0.1) is 23.5 Å². The van der Waals surface area contributed by atoms with Gasteiger partial charge in [0.1, 0.15) is 11.6 Å². The Labute approximate surface area is 170 Å². The summed E-state index contributed by atoms with van der Waals surface area (Å²) in [6.07, 6.45) is 0. The van der Waals surface area contributed by atoms with E-state index in [1.165, 1.54) is 31.3 Å². The van der Waals surface area contributed by atoms with Crippen molar-refractivity contribution in [3.8, 4) is 0 Å². The summed E-state index contributed by atoms with van der Waals surface area (Å²) < 4.78 is 27.0. The second-order valence-corrected chi connectivity index (χ2v) is 7.88. The van der Waals surface area contributed by atoms with Gasteiger partial charge in [-0.05, 0) is 30.3 Å². The fraction of sp³-hybridized carbons (Fsp3) is 0.286. The third-order valence-electron chi connectivity index (χ3n) is 6.09. The summed E-state index contributed by atoms with van der Waals surface area (Å²) in [6.45, 7) is 1.17. The predicted molar refractivity (Wildman–Crippen MR) is 104 cm³/mol. The maximum absolute atomic E-state index is 14.0. The minimum absolute atomic E-state index is 0.0199. The van der Waals surface area contributed by atoms with Crippen LogP contribution in [0.5, 0.6) is 0 Å². The molecule has 2 aromatic carbocycles. The molecule has 5 rings (SSSR count). The summed E-state index contributed by atoms with van der Waals surface area (Å²) in [5.74, 6) is -1.56. The van der Waals surface area contributed by atoms with Crippen molar-refractivity contribution in [3.63, 3.8) is 0 Å². The van der Waals surface area contributed by atoms with Gasteiger partial charge in [-0.2, -0.15) is 0 Å². The summed E-state index contributed by atoms with van der Waals surface area (Å²) in [5.41, 5.74) is 1.37. The molecular formula is C21H18F2N4O3. The summed E-state index contributed by atoms with van der Waals surface area (Å²) in [5, 5.41) is 5.60. The van der Waals surface area contributed by atoms with E-state index in [1.807, 2.05) is 4.90 Å². The van der Waals surface area contributed by atoms with E-state index < -0.39 is 23.6 Å². The number of rotatable bonds is 3. The number of halogens is 2. The molecule has 2 fully saturated rings. The molecule has 2 aromatic rings. The Kier molecular flexibility index (Phi) is 4.02. The van der Waals surface area contributed by atoms with Gasteiger partial charge in [0, 0.05) is 49.8 Å². The number of urea groups is 1. The summed E-state index contributed by atoms with van der Waals surface area (Å²) in [6, 6.07) is 7.71. The molecule has 4 amide bonds. The molecular weight excluding hydrogens is 394 g/mol. The van der Waals surface area contributed by atoms with E-state index in [9.17, 15) is 23.2 Å². The topological polar surface area (TPSA) is 81.8 Å². The molecule has 3 aliphatic rings. The van der Waals surface area contributed by atoms with Gasteiger partial charge < -0.3 is 15.5 Å². The van der Waals surface area contributed by atoms with Gasteiger partial charge in [0.2, 0.25) is 0 Å². The molecule has 154 valence electrons. The van der Waals surface area contributed by atoms with E-state index in [4.69, 9.17) is 0 Å². The molecule has 1 aliphatic carbocycles. The van der Waals surface area contributed by atoms with Crippen molar-refractivity contribution < 1.29 is 23.2 Å². The van der Waals surface area contributed by atoms with Crippen LogP contribution in [0.2, 0.25) is 0 Å². The number of anilines is 2. The lowest BCUT2D eigenvalue weighted by molar-refractivity contribution is 0.0693. The maximum Gasteiger partial charge on any atom is 0.319 e. The lowest BCUT2D eigenvalue weighted by Crippen LogP contribution is -2.37. The number of nitrogens with zero attached hydrogens (tertiary/aromatic N) is 2. The average molecular weight is 412 g/mol. The molecule has 0 radical (unpaired) electrons. The number of piperidine rings is 1. The monoisotopic (exact) mass is 412 g/mol. The normalized spacial score (nSPS) is 24.0. The average Bonchev–Trinajstić information content (AvgIpc) is 3.05. The van der Waals surface area contributed by atoms with Gasteiger partial charge in [-0.15, -0.1) is 0 Å². The van der Waals surface area contributed by atoms with Crippen LogP contribution in [0.1, 0.15) is 20.7 Å². The molecule has 2 aliphatic heterocycles. The van der Waals surface area contributed by atoms with Crippen molar-refractivity contribution in [2.45, 2.75) is 6.04 Å². The first-order valence-corrected chi connectivity index (χ1v) is 9.57. The summed E-state index contributed by atoms with van der Waals surface area (Å²) >= 11 is 0. The molecule has 2 heterocycles. The van der Waals surface area contributed by atoms with Crippen LogP contribution in [0.4, 0.5) is 25.0 Å². The molecule has 0 spiro atoms. The number of imide groups is 1. The Morgan fingerprint density at radius 1 is 1.00 bits per heavy atom. The van der Waals surface area contributed by atoms with Crippen LogP contribution in [0.15, 0.2) is 36.4 Å². The van der Waals surface area contributed by atoms with Gasteiger partial charge in [-0.1, -0.05) is 0 Å². The number of benzene rings is 2. The molecule has 1 unspecified atom stereocenters. The fourth-order valence-corrected chi connectivity index (χ4v) is 4.43. The second-order valence-electron chi connectivity index (χ2n) is 7.88. The largest absolute Gasteiger partial charge is 0.368 e. The molecule has 0 aromatic heterocycles. The number of hydrogen-bond acceptors (Lipinski definition) is 4. The highest BCUT2D eigenvalue weighted by Gasteiger charge is 2.56.